The van der Waals surface area contributed by atoms with E-state index in [1.54, 1.807) is 6.07 Å². The van der Waals surface area contributed by atoms with Crippen molar-refractivity contribution in [1.82, 2.24) is 10.2 Å². The van der Waals surface area contributed by atoms with Crippen molar-refractivity contribution in [1.29, 1.82) is 0 Å². The van der Waals surface area contributed by atoms with E-state index in [1.807, 2.05) is 12.1 Å². The highest BCUT2D eigenvalue weighted by molar-refractivity contribution is 5.97. The Kier molecular flexibility index (Phi) is 5.97. The molecule has 2 aliphatic heterocycles. The van der Waals surface area contributed by atoms with Crippen LogP contribution in [0.2, 0.25) is 0 Å². The maximum atomic E-state index is 12.5. The molecule has 1 N–H and O–H groups in total. The van der Waals surface area contributed by atoms with Crippen LogP contribution in [0.1, 0.15) is 16.8 Å². The largest absolute Gasteiger partial charge is 0.486 e. The first-order valence-electron chi connectivity index (χ1n) is 10.0. The molecule has 0 bridgehead atoms. The van der Waals surface area contributed by atoms with Crippen LogP contribution in [0, 0.1) is 0 Å². The molecule has 6 nitrogen and oxygen atoms in total. The molecule has 0 atom stereocenters. The van der Waals surface area contributed by atoms with Gasteiger partial charge in [0.1, 0.15) is 13.2 Å². The fourth-order valence-electron chi connectivity index (χ4n) is 3.72. The lowest BCUT2D eigenvalue weighted by atomic mass is 10.1. The van der Waals surface area contributed by atoms with E-state index in [9.17, 15) is 4.79 Å². The SMILES string of the molecule is O=C(NCCCN1CCN(c2ccccc2)CC1)c1cccc2c1OCCO2. The van der Waals surface area contributed by atoms with Gasteiger partial charge in [0.05, 0.1) is 5.56 Å². The fraction of sp³-hybridized carbons (Fsp3) is 0.409. The van der Waals surface area contributed by atoms with E-state index in [0.29, 0.717) is 36.8 Å². The van der Waals surface area contributed by atoms with Gasteiger partial charge in [0.25, 0.3) is 5.91 Å². The van der Waals surface area contributed by atoms with Gasteiger partial charge in [-0.2, -0.15) is 0 Å². The van der Waals surface area contributed by atoms with E-state index >= 15 is 0 Å². The van der Waals surface area contributed by atoms with Crippen molar-refractivity contribution in [2.45, 2.75) is 6.42 Å². The number of para-hydroxylation sites is 2. The molecule has 6 heteroatoms. The Balaban J connectivity index is 1.19. The molecule has 1 fully saturated rings. The number of benzene rings is 2. The molecule has 1 saturated heterocycles. The lowest BCUT2D eigenvalue weighted by Gasteiger charge is -2.36. The van der Waals surface area contributed by atoms with Gasteiger partial charge in [-0.25, -0.2) is 0 Å². The zero-order chi connectivity index (χ0) is 19.2. The maximum Gasteiger partial charge on any atom is 0.255 e. The van der Waals surface area contributed by atoms with Gasteiger partial charge in [-0.1, -0.05) is 24.3 Å². The van der Waals surface area contributed by atoms with E-state index in [1.165, 1.54) is 5.69 Å². The second-order valence-corrected chi connectivity index (χ2v) is 7.10. The summed E-state index contributed by atoms with van der Waals surface area (Å²) in [5, 5.41) is 3.01. The number of carbonyl (C=O) groups is 1. The van der Waals surface area contributed by atoms with Gasteiger partial charge in [0.15, 0.2) is 11.5 Å². The van der Waals surface area contributed by atoms with Crippen LogP contribution in [0.4, 0.5) is 5.69 Å². The molecule has 2 heterocycles. The summed E-state index contributed by atoms with van der Waals surface area (Å²) in [7, 11) is 0. The molecular formula is C22H27N3O3. The van der Waals surface area contributed by atoms with Crippen LogP contribution >= 0.6 is 0 Å². The number of fused-ring (bicyclic) bond motifs is 1. The van der Waals surface area contributed by atoms with Crippen LogP contribution in [-0.2, 0) is 0 Å². The summed E-state index contributed by atoms with van der Waals surface area (Å²) in [6.45, 7) is 6.85. The zero-order valence-corrected chi connectivity index (χ0v) is 16.1. The highest BCUT2D eigenvalue weighted by Crippen LogP contribution is 2.33. The van der Waals surface area contributed by atoms with Crippen LogP contribution in [0.15, 0.2) is 48.5 Å². The van der Waals surface area contributed by atoms with E-state index < -0.39 is 0 Å². The summed E-state index contributed by atoms with van der Waals surface area (Å²) in [6, 6.07) is 16.0. The molecule has 2 aliphatic rings. The number of anilines is 1. The summed E-state index contributed by atoms with van der Waals surface area (Å²) in [6.07, 6.45) is 0.934. The topological polar surface area (TPSA) is 54.0 Å². The van der Waals surface area contributed by atoms with Crippen LogP contribution in [-0.4, -0.2) is 63.3 Å². The van der Waals surface area contributed by atoms with Crippen LogP contribution in [0.3, 0.4) is 0 Å². The number of hydrogen-bond donors (Lipinski definition) is 1. The number of piperazine rings is 1. The molecule has 0 spiro atoms. The molecule has 0 aliphatic carbocycles. The fourth-order valence-corrected chi connectivity index (χ4v) is 3.72. The molecule has 28 heavy (non-hydrogen) atoms. The highest BCUT2D eigenvalue weighted by Gasteiger charge is 2.20. The Bertz CT molecular complexity index is 789. The highest BCUT2D eigenvalue weighted by atomic mass is 16.6. The van der Waals surface area contributed by atoms with Crippen molar-refractivity contribution in [3.63, 3.8) is 0 Å². The standard InChI is InChI=1S/C22H27N3O3/c26-22(19-8-4-9-20-21(19)28-17-16-27-20)23-10-5-11-24-12-14-25(15-13-24)18-6-2-1-3-7-18/h1-4,6-9H,5,10-17H2,(H,23,26). The second kappa shape index (κ2) is 8.97. The maximum absolute atomic E-state index is 12.5. The van der Waals surface area contributed by atoms with Gasteiger partial charge in [-0.3, -0.25) is 9.69 Å². The third-order valence-electron chi connectivity index (χ3n) is 5.24. The quantitative estimate of drug-likeness (QED) is 0.779. The van der Waals surface area contributed by atoms with Gasteiger partial charge >= 0.3 is 0 Å². The van der Waals surface area contributed by atoms with Crippen molar-refractivity contribution in [3.8, 4) is 11.5 Å². The van der Waals surface area contributed by atoms with Gasteiger partial charge in [0, 0.05) is 38.4 Å². The summed E-state index contributed by atoms with van der Waals surface area (Å²) in [4.78, 5) is 17.4. The number of rotatable bonds is 6. The minimum Gasteiger partial charge on any atom is -0.486 e. The molecule has 0 saturated carbocycles. The molecule has 2 aromatic rings. The van der Waals surface area contributed by atoms with Gasteiger partial charge in [-0.15, -0.1) is 0 Å². The number of nitrogens with zero attached hydrogens (tertiary/aromatic N) is 2. The van der Waals surface area contributed by atoms with E-state index in [-0.39, 0.29) is 5.91 Å². The molecule has 1 amide bonds. The minimum absolute atomic E-state index is 0.101. The number of hydrogen-bond acceptors (Lipinski definition) is 5. The first kappa shape index (κ1) is 18.6. The minimum atomic E-state index is -0.101. The molecule has 0 unspecified atom stereocenters. The van der Waals surface area contributed by atoms with E-state index in [4.69, 9.17) is 9.47 Å². The summed E-state index contributed by atoms with van der Waals surface area (Å²) in [5.74, 6) is 1.11. The van der Waals surface area contributed by atoms with Crippen LogP contribution < -0.4 is 19.7 Å². The zero-order valence-electron chi connectivity index (χ0n) is 16.1. The molecule has 4 rings (SSSR count). The number of amides is 1. The average Bonchev–Trinajstić information content (AvgIpc) is 2.77. The first-order chi connectivity index (χ1) is 13.8. The smallest absolute Gasteiger partial charge is 0.255 e. The predicted molar refractivity (Wildman–Crippen MR) is 109 cm³/mol. The lowest BCUT2D eigenvalue weighted by Crippen LogP contribution is -2.47. The van der Waals surface area contributed by atoms with E-state index in [2.05, 4.69) is 45.4 Å². The van der Waals surface area contributed by atoms with Crippen molar-refractivity contribution >= 4 is 11.6 Å². The van der Waals surface area contributed by atoms with Crippen molar-refractivity contribution < 1.29 is 14.3 Å². The van der Waals surface area contributed by atoms with Crippen LogP contribution in [0.25, 0.3) is 0 Å². The van der Waals surface area contributed by atoms with Gasteiger partial charge < -0.3 is 19.7 Å². The van der Waals surface area contributed by atoms with Gasteiger partial charge in [0.2, 0.25) is 0 Å². The molecular weight excluding hydrogens is 354 g/mol. The molecule has 148 valence electrons. The normalized spacial score (nSPS) is 16.6. The molecule has 0 aromatic heterocycles. The summed E-state index contributed by atoms with van der Waals surface area (Å²) >= 11 is 0. The third kappa shape index (κ3) is 4.39. The third-order valence-corrected chi connectivity index (χ3v) is 5.24. The number of ether oxygens (including phenoxy) is 2. The Labute approximate surface area is 166 Å². The average molecular weight is 381 g/mol. The first-order valence-corrected chi connectivity index (χ1v) is 10.0. The number of carbonyl (C=O) groups excluding carboxylic acids is 1. The Morgan fingerprint density at radius 3 is 2.54 bits per heavy atom. The Morgan fingerprint density at radius 2 is 1.71 bits per heavy atom. The Morgan fingerprint density at radius 1 is 0.929 bits per heavy atom. The molecule has 2 aromatic carbocycles. The van der Waals surface area contributed by atoms with Crippen LogP contribution in [0.5, 0.6) is 11.5 Å². The summed E-state index contributed by atoms with van der Waals surface area (Å²) in [5.41, 5.74) is 1.85. The van der Waals surface area contributed by atoms with E-state index in [0.717, 1.165) is 39.1 Å². The Hall–Kier alpha value is -2.73. The monoisotopic (exact) mass is 381 g/mol. The summed E-state index contributed by atoms with van der Waals surface area (Å²) < 4.78 is 11.2. The molecule has 0 radical (unpaired) electrons. The predicted octanol–water partition coefficient (Wildman–Crippen LogP) is 2.40. The lowest BCUT2D eigenvalue weighted by molar-refractivity contribution is 0.0940. The van der Waals surface area contributed by atoms with Crippen molar-refractivity contribution in [2.75, 3.05) is 57.4 Å². The van der Waals surface area contributed by atoms with Crippen molar-refractivity contribution in [3.05, 3.63) is 54.1 Å². The second-order valence-electron chi connectivity index (χ2n) is 7.10. The van der Waals surface area contributed by atoms with Gasteiger partial charge in [-0.05, 0) is 37.2 Å². The van der Waals surface area contributed by atoms with Crippen molar-refractivity contribution in [2.24, 2.45) is 0 Å². The number of nitrogens with one attached hydrogen (secondary N) is 1.